The lowest BCUT2D eigenvalue weighted by Gasteiger charge is -2.19. The van der Waals surface area contributed by atoms with Gasteiger partial charge in [0.2, 0.25) is 0 Å². The standard InChI is InChI=1S/C10H13NO3/c1-7-6-8(14-11-7)10(9(12)13)4-2-3-5-10/h6H,2-5H2,1H3,(H,12,13). The lowest BCUT2D eigenvalue weighted by Crippen LogP contribution is -2.32. The van der Waals surface area contributed by atoms with Crippen LogP contribution in [-0.2, 0) is 10.2 Å². The van der Waals surface area contributed by atoms with Crippen LogP contribution in [0.5, 0.6) is 0 Å². The van der Waals surface area contributed by atoms with E-state index in [9.17, 15) is 9.90 Å². The number of aromatic nitrogens is 1. The summed E-state index contributed by atoms with van der Waals surface area (Å²) in [6, 6.07) is 1.74. The number of carboxylic acid groups (broad SMARTS) is 1. The Bertz CT molecular complexity index is 350. The number of hydrogen-bond donors (Lipinski definition) is 1. The molecule has 0 aromatic carbocycles. The van der Waals surface area contributed by atoms with Crippen LogP contribution in [0.2, 0.25) is 0 Å². The third-order valence-corrected chi connectivity index (χ3v) is 2.97. The molecular formula is C10H13NO3. The van der Waals surface area contributed by atoms with Crippen LogP contribution in [0.1, 0.15) is 37.1 Å². The Morgan fingerprint density at radius 3 is 2.64 bits per heavy atom. The van der Waals surface area contributed by atoms with Crippen LogP contribution in [-0.4, -0.2) is 16.2 Å². The summed E-state index contributed by atoms with van der Waals surface area (Å²) < 4.78 is 5.08. The molecule has 1 N–H and O–H groups in total. The zero-order valence-corrected chi connectivity index (χ0v) is 8.12. The molecule has 1 aliphatic rings. The van der Waals surface area contributed by atoms with E-state index in [0.29, 0.717) is 18.6 Å². The topological polar surface area (TPSA) is 63.3 Å². The van der Waals surface area contributed by atoms with Gasteiger partial charge in [0, 0.05) is 6.07 Å². The van der Waals surface area contributed by atoms with E-state index in [2.05, 4.69) is 5.16 Å². The summed E-state index contributed by atoms with van der Waals surface area (Å²) >= 11 is 0. The van der Waals surface area contributed by atoms with Crippen molar-refractivity contribution in [3.05, 3.63) is 17.5 Å². The van der Waals surface area contributed by atoms with Gasteiger partial charge in [0.25, 0.3) is 0 Å². The van der Waals surface area contributed by atoms with Gasteiger partial charge in [-0.25, -0.2) is 0 Å². The smallest absolute Gasteiger partial charge is 0.317 e. The third-order valence-electron chi connectivity index (χ3n) is 2.97. The number of carbonyl (C=O) groups is 1. The molecule has 4 nitrogen and oxygen atoms in total. The summed E-state index contributed by atoms with van der Waals surface area (Å²) in [6.45, 7) is 1.80. The Morgan fingerprint density at radius 1 is 1.57 bits per heavy atom. The molecule has 14 heavy (non-hydrogen) atoms. The minimum atomic E-state index is -0.804. The SMILES string of the molecule is Cc1cc(C2(C(=O)O)CCCC2)on1. The molecule has 0 unspecified atom stereocenters. The summed E-state index contributed by atoms with van der Waals surface area (Å²) in [5, 5.41) is 13.0. The van der Waals surface area contributed by atoms with E-state index in [0.717, 1.165) is 18.5 Å². The quantitative estimate of drug-likeness (QED) is 0.782. The molecule has 1 heterocycles. The van der Waals surface area contributed by atoms with Crippen molar-refractivity contribution in [1.82, 2.24) is 5.16 Å². The monoisotopic (exact) mass is 195 g/mol. The van der Waals surface area contributed by atoms with Gasteiger partial charge in [0.05, 0.1) is 5.69 Å². The number of nitrogens with zero attached hydrogens (tertiary/aromatic N) is 1. The Hall–Kier alpha value is -1.32. The van der Waals surface area contributed by atoms with E-state index < -0.39 is 11.4 Å². The Morgan fingerprint density at radius 2 is 2.21 bits per heavy atom. The Labute approximate surface area is 81.9 Å². The maximum atomic E-state index is 11.2. The minimum absolute atomic E-state index is 0.514. The molecule has 1 saturated carbocycles. The molecule has 0 amide bonds. The number of hydrogen-bond acceptors (Lipinski definition) is 3. The van der Waals surface area contributed by atoms with Crippen LogP contribution in [0.25, 0.3) is 0 Å². The van der Waals surface area contributed by atoms with E-state index in [1.54, 1.807) is 13.0 Å². The number of aryl methyl sites for hydroxylation is 1. The summed E-state index contributed by atoms with van der Waals surface area (Å²) in [5.41, 5.74) is -0.0612. The van der Waals surface area contributed by atoms with E-state index in [4.69, 9.17) is 4.52 Å². The summed E-state index contributed by atoms with van der Waals surface area (Å²) in [6.07, 6.45) is 3.23. The fraction of sp³-hybridized carbons (Fsp3) is 0.600. The van der Waals surface area contributed by atoms with E-state index in [1.165, 1.54) is 0 Å². The molecule has 1 aliphatic carbocycles. The molecule has 0 spiro atoms. The van der Waals surface area contributed by atoms with Gasteiger partial charge in [0.15, 0.2) is 5.76 Å². The van der Waals surface area contributed by atoms with Crippen LogP contribution >= 0.6 is 0 Å². The van der Waals surface area contributed by atoms with Crippen molar-refractivity contribution in [3.8, 4) is 0 Å². The normalized spacial score (nSPS) is 19.8. The molecule has 1 aromatic heterocycles. The molecule has 1 aromatic rings. The highest BCUT2D eigenvalue weighted by Gasteiger charge is 2.46. The second kappa shape index (κ2) is 3.12. The summed E-state index contributed by atoms with van der Waals surface area (Å²) in [4.78, 5) is 11.2. The number of carboxylic acids is 1. The second-order valence-electron chi connectivity index (χ2n) is 3.93. The first kappa shape index (κ1) is 9.24. The van der Waals surface area contributed by atoms with Gasteiger partial charge in [-0.15, -0.1) is 0 Å². The van der Waals surface area contributed by atoms with Crippen molar-refractivity contribution in [2.75, 3.05) is 0 Å². The molecule has 0 radical (unpaired) electrons. The molecule has 2 rings (SSSR count). The van der Waals surface area contributed by atoms with E-state index >= 15 is 0 Å². The van der Waals surface area contributed by atoms with Crippen LogP contribution in [0.15, 0.2) is 10.6 Å². The van der Waals surface area contributed by atoms with Gasteiger partial charge in [-0.3, -0.25) is 4.79 Å². The minimum Gasteiger partial charge on any atom is -0.480 e. The summed E-state index contributed by atoms with van der Waals surface area (Å²) in [7, 11) is 0. The first-order valence-electron chi connectivity index (χ1n) is 4.82. The zero-order valence-electron chi connectivity index (χ0n) is 8.12. The molecule has 0 atom stereocenters. The van der Waals surface area contributed by atoms with Gasteiger partial charge in [-0.05, 0) is 19.8 Å². The predicted octanol–water partition coefficient (Wildman–Crippen LogP) is 1.88. The largest absolute Gasteiger partial charge is 0.480 e. The van der Waals surface area contributed by atoms with E-state index in [1.807, 2.05) is 0 Å². The first-order chi connectivity index (χ1) is 6.65. The number of rotatable bonds is 2. The maximum Gasteiger partial charge on any atom is 0.317 e. The van der Waals surface area contributed by atoms with Crippen LogP contribution in [0.4, 0.5) is 0 Å². The lowest BCUT2D eigenvalue weighted by atomic mass is 9.83. The van der Waals surface area contributed by atoms with Crippen molar-refractivity contribution in [2.45, 2.75) is 38.0 Å². The molecule has 4 heteroatoms. The highest BCUT2D eigenvalue weighted by atomic mass is 16.5. The second-order valence-corrected chi connectivity index (χ2v) is 3.93. The predicted molar refractivity (Wildman–Crippen MR) is 49.0 cm³/mol. The van der Waals surface area contributed by atoms with Gasteiger partial charge in [-0.1, -0.05) is 18.0 Å². The molecule has 1 fully saturated rings. The maximum absolute atomic E-state index is 11.2. The van der Waals surface area contributed by atoms with Crippen LogP contribution in [0.3, 0.4) is 0 Å². The van der Waals surface area contributed by atoms with Crippen LogP contribution < -0.4 is 0 Å². The van der Waals surface area contributed by atoms with Crippen molar-refractivity contribution in [1.29, 1.82) is 0 Å². The van der Waals surface area contributed by atoms with Gasteiger partial charge < -0.3 is 9.63 Å². The molecular weight excluding hydrogens is 182 g/mol. The van der Waals surface area contributed by atoms with Crippen molar-refractivity contribution < 1.29 is 14.4 Å². The Kier molecular flexibility index (Phi) is 2.06. The van der Waals surface area contributed by atoms with Crippen molar-refractivity contribution in [3.63, 3.8) is 0 Å². The zero-order chi connectivity index (χ0) is 10.2. The fourth-order valence-electron chi connectivity index (χ4n) is 2.13. The molecule has 0 saturated heterocycles. The Balaban J connectivity index is 2.41. The van der Waals surface area contributed by atoms with Crippen LogP contribution in [0, 0.1) is 6.92 Å². The summed E-state index contributed by atoms with van der Waals surface area (Å²) in [5.74, 6) is -0.272. The molecule has 0 bridgehead atoms. The molecule has 0 aliphatic heterocycles. The van der Waals surface area contributed by atoms with Crippen molar-refractivity contribution >= 4 is 5.97 Å². The molecule has 76 valence electrons. The van der Waals surface area contributed by atoms with Crippen molar-refractivity contribution in [2.24, 2.45) is 0 Å². The average molecular weight is 195 g/mol. The third kappa shape index (κ3) is 1.22. The average Bonchev–Trinajstić information content (AvgIpc) is 2.71. The van der Waals surface area contributed by atoms with Gasteiger partial charge >= 0.3 is 5.97 Å². The highest BCUT2D eigenvalue weighted by Crippen LogP contribution is 2.41. The number of aliphatic carboxylic acids is 1. The van der Waals surface area contributed by atoms with Gasteiger partial charge in [0.1, 0.15) is 5.41 Å². The van der Waals surface area contributed by atoms with Gasteiger partial charge in [-0.2, -0.15) is 0 Å². The van der Waals surface area contributed by atoms with E-state index in [-0.39, 0.29) is 0 Å². The lowest BCUT2D eigenvalue weighted by molar-refractivity contribution is -0.144. The highest BCUT2D eigenvalue weighted by molar-refractivity contribution is 5.80. The fourth-order valence-corrected chi connectivity index (χ4v) is 2.13. The first-order valence-corrected chi connectivity index (χ1v) is 4.82.